The minimum atomic E-state index is -0.583. The maximum Gasteiger partial charge on any atom is 0.323 e. The van der Waals surface area contributed by atoms with Gasteiger partial charge in [-0.05, 0) is 12.1 Å². The monoisotopic (exact) mass is 225 g/mol. The van der Waals surface area contributed by atoms with Crippen molar-refractivity contribution in [3.63, 3.8) is 0 Å². The summed E-state index contributed by atoms with van der Waals surface area (Å²) in [6, 6.07) is 9.27. The van der Waals surface area contributed by atoms with E-state index >= 15 is 0 Å². The molecule has 0 aliphatic rings. The number of thioether (sulfide) groups is 1. The van der Waals surface area contributed by atoms with Crippen LogP contribution in [0.15, 0.2) is 35.2 Å². The van der Waals surface area contributed by atoms with Crippen LogP contribution in [0.1, 0.15) is 6.92 Å². The molecular formula is C11H15NO2S. The van der Waals surface area contributed by atoms with E-state index in [1.54, 1.807) is 11.8 Å². The summed E-state index contributed by atoms with van der Waals surface area (Å²) in [5, 5.41) is -0.000139. The molecule has 4 heteroatoms. The van der Waals surface area contributed by atoms with E-state index in [9.17, 15) is 4.79 Å². The molecule has 0 radical (unpaired) electrons. The lowest BCUT2D eigenvalue weighted by Crippen LogP contribution is -2.39. The Balaban J connectivity index is 2.56. The van der Waals surface area contributed by atoms with Gasteiger partial charge in [0.1, 0.15) is 6.04 Å². The molecule has 1 aromatic carbocycles. The lowest BCUT2D eigenvalue weighted by molar-refractivity contribution is -0.142. The molecule has 0 aromatic heterocycles. The average Bonchev–Trinajstić information content (AvgIpc) is 2.28. The van der Waals surface area contributed by atoms with E-state index in [1.165, 1.54) is 7.11 Å². The molecule has 0 bridgehead atoms. The van der Waals surface area contributed by atoms with Crippen LogP contribution < -0.4 is 5.73 Å². The molecule has 15 heavy (non-hydrogen) atoms. The molecule has 0 saturated carbocycles. The van der Waals surface area contributed by atoms with Crippen molar-refractivity contribution >= 4 is 17.7 Å². The average molecular weight is 225 g/mol. The molecule has 2 unspecified atom stereocenters. The van der Waals surface area contributed by atoms with Crippen molar-refractivity contribution in [1.29, 1.82) is 0 Å². The van der Waals surface area contributed by atoms with Gasteiger partial charge in [0.15, 0.2) is 0 Å². The molecule has 1 aromatic rings. The number of ether oxygens (including phenoxy) is 1. The third-order valence-corrected chi connectivity index (χ3v) is 3.25. The third-order valence-electron chi connectivity index (χ3n) is 2.04. The largest absolute Gasteiger partial charge is 0.468 e. The molecule has 0 spiro atoms. The standard InChI is InChI=1S/C11H15NO2S/c1-8(10(12)11(13)14-2)15-9-6-4-3-5-7-9/h3-8,10H,12H2,1-2H3. The summed E-state index contributed by atoms with van der Waals surface area (Å²) in [4.78, 5) is 12.3. The van der Waals surface area contributed by atoms with Gasteiger partial charge in [-0.15, -0.1) is 11.8 Å². The normalized spacial score (nSPS) is 14.3. The van der Waals surface area contributed by atoms with Crippen LogP contribution in [0.4, 0.5) is 0 Å². The second-order valence-electron chi connectivity index (χ2n) is 3.18. The molecule has 0 amide bonds. The third kappa shape index (κ3) is 3.57. The second kappa shape index (κ2) is 5.78. The van der Waals surface area contributed by atoms with Crippen molar-refractivity contribution in [1.82, 2.24) is 0 Å². The zero-order valence-electron chi connectivity index (χ0n) is 8.84. The van der Waals surface area contributed by atoms with E-state index in [0.29, 0.717) is 0 Å². The van der Waals surface area contributed by atoms with Crippen molar-refractivity contribution in [3.8, 4) is 0 Å². The lowest BCUT2D eigenvalue weighted by Gasteiger charge is -2.16. The highest BCUT2D eigenvalue weighted by Crippen LogP contribution is 2.24. The number of carbonyl (C=O) groups excluding carboxylic acids is 1. The maximum absolute atomic E-state index is 11.2. The Bertz CT molecular complexity index is 316. The van der Waals surface area contributed by atoms with Crippen molar-refractivity contribution in [3.05, 3.63) is 30.3 Å². The Morgan fingerprint density at radius 1 is 1.40 bits per heavy atom. The first-order chi connectivity index (χ1) is 7.15. The summed E-state index contributed by atoms with van der Waals surface area (Å²) >= 11 is 1.57. The van der Waals surface area contributed by atoms with Crippen molar-refractivity contribution in [2.45, 2.75) is 23.1 Å². The van der Waals surface area contributed by atoms with Gasteiger partial charge in [-0.1, -0.05) is 25.1 Å². The van der Waals surface area contributed by atoms with Crippen LogP contribution in [-0.2, 0) is 9.53 Å². The number of methoxy groups -OCH3 is 1. The first-order valence-electron chi connectivity index (χ1n) is 4.70. The van der Waals surface area contributed by atoms with E-state index in [4.69, 9.17) is 5.73 Å². The number of rotatable bonds is 4. The van der Waals surface area contributed by atoms with Crippen molar-refractivity contribution in [2.75, 3.05) is 7.11 Å². The smallest absolute Gasteiger partial charge is 0.323 e. The molecule has 82 valence electrons. The SMILES string of the molecule is COC(=O)C(N)C(C)Sc1ccccc1. The minimum absolute atomic E-state index is 0.000139. The molecule has 0 fully saturated rings. The van der Waals surface area contributed by atoms with Crippen LogP contribution in [0.5, 0.6) is 0 Å². The number of benzene rings is 1. The van der Waals surface area contributed by atoms with Crippen LogP contribution in [0.25, 0.3) is 0 Å². The highest BCUT2D eigenvalue weighted by atomic mass is 32.2. The minimum Gasteiger partial charge on any atom is -0.468 e. The fourth-order valence-corrected chi connectivity index (χ4v) is 2.12. The van der Waals surface area contributed by atoms with E-state index in [2.05, 4.69) is 4.74 Å². The molecule has 0 aliphatic carbocycles. The second-order valence-corrected chi connectivity index (χ2v) is 4.64. The first-order valence-corrected chi connectivity index (χ1v) is 5.58. The van der Waals surface area contributed by atoms with Gasteiger partial charge in [0.05, 0.1) is 7.11 Å². The van der Waals surface area contributed by atoms with Gasteiger partial charge < -0.3 is 10.5 Å². The number of nitrogens with two attached hydrogens (primary N) is 1. The number of esters is 1. The maximum atomic E-state index is 11.2. The first kappa shape index (κ1) is 12.1. The fourth-order valence-electron chi connectivity index (χ4n) is 1.11. The summed E-state index contributed by atoms with van der Waals surface area (Å²) in [5.74, 6) is -0.370. The summed E-state index contributed by atoms with van der Waals surface area (Å²) in [7, 11) is 1.35. The Morgan fingerprint density at radius 2 is 2.00 bits per heavy atom. The van der Waals surface area contributed by atoms with Gasteiger partial charge in [0.2, 0.25) is 0 Å². The predicted octanol–water partition coefficient (Wildman–Crippen LogP) is 1.67. The number of carbonyl (C=O) groups is 1. The Morgan fingerprint density at radius 3 is 2.53 bits per heavy atom. The van der Waals surface area contributed by atoms with Gasteiger partial charge in [-0.3, -0.25) is 4.79 Å². The fraction of sp³-hybridized carbons (Fsp3) is 0.364. The van der Waals surface area contributed by atoms with Gasteiger partial charge in [0, 0.05) is 10.1 Å². The van der Waals surface area contributed by atoms with Crippen LogP contribution in [0.2, 0.25) is 0 Å². The topological polar surface area (TPSA) is 52.3 Å². The van der Waals surface area contributed by atoms with Crippen LogP contribution >= 0.6 is 11.8 Å². The van der Waals surface area contributed by atoms with E-state index in [0.717, 1.165) is 4.90 Å². The molecule has 0 aliphatic heterocycles. The van der Waals surface area contributed by atoms with Gasteiger partial charge in [-0.25, -0.2) is 0 Å². The highest BCUT2D eigenvalue weighted by molar-refractivity contribution is 8.00. The number of hydrogen-bond acceptors (Lipinski definition) is 4. The zero-order valence-corrected chi connectivity index (χ0v) is 9.66. The number of hydrogen-bond donors (Lipinski definition) is 1. The molecule has 0 saturated heterocycles. The summed E-state index contributed by atoms with van der Waals surface area (Å²) < 4.78 is 4.59. The van der Waals surface area contributed by atoms with Gasteiger partial charge >= 0.3 is 5.97 Å². The Kier molecular flexibility index (Phi) is 4.65. The molecular weight excluding hydrogens is 210 g/mol. The molecule has 1 rings (SSSR count). The van der Waals surface area contributed by atoms with Crippen LogP contribution in [0, 0.1) is 0 Å². The molecule has 2 N–H and O–H groups in total. The Labute approximate surface area is 94.0 Å². The Hall–Kier alpha value is -1.00. The predicted molar refractivity (Wildman–Crippen MR) is 61.8 cm³/mol. The van der Waals surface area contributed by atoms with Gasteiger partial charge in [-0.2, -0.15) is 0 Å². The molecule has 3 nitrogen and oxygen atoms in total. The van der Waals surface area contributed by atoms with Crippen molar-refractivity contribution in [2.24, 2.45) is 5.73 Å². The zero-order chi connectivity index (χ0) is 11.3. The highest BCUT2D eigenvalue weighted by Gasteiger charge is 2.22. The van der Waals surface area contributed by atoms with E-state index in [1.807, 2.05) is 37.3 Å². The summed E-state index contributed by atoms with van der Waals surface area (Å²) in [6.45, 7) is 1.92. The molecule has 2 atom stereocenters. The van der Waals surface area contributed by atoms with E-state index < -0.39 is 6.04 Å². The van der Waals surface area contributed by atoms with Crippen LogP contribution in [0.3, 0.4) is 0 Å². The molecule has 0 heterocycles. The summed E-state index contributed by atoms with van der Waals surface area (Å²) in [5.41, 5.74) is 5.72. The van der Waals surface area contributed by atoms with Gasteiger partial charge in [0.25, 0.3) is 0 Å². The summed E-state index contributed by atoms with van der Waals surface area (Å²) in [6.07, 6.45) is 0. The quantitative estimate of drug-likeness (QED) is 0.625. The van der Waals surface area contributed by atoms with Crippen molar-refractivity contribution < 1.29 is 9.53 Å². The van der Waals surface area contributed by atoms with Crippen LogP contribution in [-0.4, -0.2) is 24.4 Å². The van der Waals surface area contributed by atoms with E-state index in [-0.39, 0.29) is 11.2 Å². The lowest BCUT2D eigenvalue weighted by atomic mass is 10.2.